The molecule has 6 nitrogen and oxygen atoms in total. The third kappa shape index (κ3) is 4.58. The number of rotatable bonds is 5. The van der Waals surface area contributed by atoms with Gasteiger partial charge in [0.05, 0.1) is 17.8 Å². The number of nitrogens with zero attached hydrogens (tertiary/aromatic N) is 2. The van der Waals surface area contributed by atoms with Gasteiger partial charge in [0.15, 0.2) is 6.61 Å². The largest absolute Gasteiger partial charge is 0.507 e. The third-order valence-corrected chi connectivity index (χ3v) is 3.27. The van der Waals surface area contributed by atoms with E-state index in [0.717, 1.165) is 16.7 Å². The van der Waals surface area contributed by atoms with Gasteiger partial charge >= 0.3 is 0 Å². The second kappa shape index (κ2) is 7.79. The molecule has 0 saturated carbocycles. The van der Waals surface area contributed by atoms with Gasteiger partial charge in [0, 0.05) is 0 Å². The molecule has 0 fully saturated rings. The molecule has 0 heterocycles. The first kappa shape index (κ1) is 17.0. The van der Waals surface area contributed by atoms with Crippen LogP contribution in [0.3, 0.4) is 0 Å². The van der Waals surface area contributed by atoms with Crippen LogP contribution < -0.4 is 10.2 Å². The number of phenolic OH excluding ortho intramolecular Hbond substituents is 1. The molecule has 0 aliphatic carbocycles. The van der Waals surface area contributed by atoms with E-state index in [1.807, 2.05) is 6.07 Å². The van der Waals surface area contributed by atoms with Gasteiger partial charge < -0.3 is 9.84 Å². The lowest BCUT2D eigenvalue weighted by molar-refractivity contribution is -0.123. The molecule has 2 N–H and O–H groups in total. The van der Waals surface area contributed by atoms with Crippen molar-refractivity contribution in [2.24, 2.45) is 5.10 Å². The number of hydrogen-bond donors (Lipinski definition) is 2. The van der Waals surface area contributed by atoms with Crippen molar-refractivity contribution in [3.05, 3.63) is 58.7 Å². The number of phenols is 1. The smallest absolute Gasteiger partial charge is 0.277 e. The monoisotopic (exact) mass is 323 g/mol. The van der Waals surface area contributed by atoms with E-state index in [-0.39, 0.29) is 12.4 Å². The summed E-state index contributed by atoms with van der Waals surface area (Å²) in [5.41, 5.74) is 5.15. The predicted octanol–water partition coefficient (Wildman–Crippen LogP) is 2.41. The first-order valence-electron chi connectivity index (χ1n) is 7.24. The number of nitriles is 1. The Morgan fingerprint density at radius 1 is 1.29 bits per heavy atom. The van der Waals surface area contributed by atoms with Gasteiger partial charge in [-0.05, 0) is 66.9 Å². The molecule has 2 aromatic rings. The van der Waals surface area contributed by atoms with Gasteiger partial charge in [-0.1, -0.05) is 0 Å². The molecular formula is C18H17N3O3. The van der Waals surface area contributed by atoms with Crippen molar-refractivity contribution in [1.29, 1.82) is 5.26 Å². The van der Waals surface area contributed by atoms with Crippen LogP contribution in [-0.2, 0) is 4.79 Å². The van der Waals surface area contributed by atoms with Gasteiger partial charge in [-0.25, -0.2) is 5.43 Å². The van der Waals surface area contributed by atoms with Crippen molar-refractivity contribution in [2.45, 2.75) is 13.8 Å². The number of aryl methyl sites for hydroxylation is 2. The molecule has 0 bridgehead atoms. The van der Waals surface area contributed by atoms with Crippen molar-refractivity contribution in [3.8, 4) is 17.6 Å². The number of benzene rings is 2. The van der Waals surface area contributed by atoms with E-state index >= 15 is 0 Å². The second-order valence-corrected chi connectivity index (χ2v) is 5.22. The normalized spacial score (nSPS) is 10.4. The zero-order valence-corrected chi connectivity index (χ0v) is 13.4. The van der Waals surface area contributed by atoms with E-state index in [1.54, 1.807) is 50.2 Å². The van der Waals surface area contributed by atoms with Crippen LogP contribution in [0.4, 0.5) is 0 Å². The highest BCUT2D eigenvalue weighted by Crippen LogP contribution is 2.21. The molecule has 2 rings (SSSR count). The number of aromatic hydroxyl groups is 1. The molecule has 0 radical (unpaired) electrons. The molecule has 0 saturated heterocycles. The lowest BCUT2D eigenvalue weighted by Crippen LogP contribution is -2.24. The molecule has 122 valence electrons. The molecule has 0 spiro atoms. The average molecular weight is 323 g/mol. The Morgan fingerprint density at radius 2 is 1.92 bits per heavy atom. The lowest BCUT2D eigenvalue weighted by atomic mass is 10.1. The fourth-order valence-corrected chi connectivity index (χ4v) is 2.05. The Hall–Kier alpha value is -3.33. The maximum absolute atomic E-state index is 11.7. The van der Waals surface area contributed by atoms with Gasteiger partial charge in [-0.15, -0.1) is 0 Å². The zero-order valence-electron chi connectivity index (χ0n) is 13.4. The molecule has 0 unspecified atom stereocenters. The Kier molecular flexibility index (Phi) is 5.53. The Labute approximate surface area is 140 Å². The van der Waals surface area contributed by atoms with E-state index in [4.69, 9.17) is 10.00 Å². The maximum Gasteiger partial charge on any atom is 0.277 e. The fraction of sp³-hybridized carbons (Fsp3) is 0.167. The zero-order chi connectivity index (χ0) is 17.5. The second-order valence-electron chi connectivity index (χ2n) is 5.22. The molecule has 2 aromatic carbocycles. The third-order valence-electron chi connectivity index (χ3n) is 3.27. The van der Waals surface area contributed by atoms with Crippen LogP contribution in [0, 0.1) is 25.2 Å². The highest BCUT2D eigenvalue weighted by molar-refractivity contribution is 5.83. The Morgan fingerprint density at radius 3 is 2.50 bits per heavy atom. The van der Waals surface area contributed by atoms with E-state index < -0.39 is 5.91 Å². The van der Waals surface area contributed by atoms with E-state index in [9.17, 15) is 9.90 Å². The number of carbonyl (C=O) groups is 1. The summed E-state index contributed by atoms with van der Waals surface area (Å²) >= 11 is 0. The summed E-state index contributed by atoms with van der Waals surface area (Å²) in [5, 5.41) is 22.3. The SMILES string of the molecule is Cc1cc(/C=N/NC(=O)COc2ccc(C#N)cc2)cc(C)c1O. The first-order valence-corrected chi connectivity index (χ1v) is 7.24. The van der Waals surface area contributed by atoms with Crippen molar-refractivity contribution >= 4 is 12.1 Å². The van der Waals surface area contributed by atoms with Crippen LogP contribution >= 0.6 is 0 Å². The van der Waals surface area contributed by atoms with Crippen LogP contribution in [0.1, 0.15) is 22.3 Å². The van der Waals surface area contributed by atoms with Crippen molar-refractivity contribution in [3.63, 3.8) is 0 Å². The van der Waals surface area contributed by atoms with E-state index in [0.29, 0.717) is 11.3 Å². The molecule has 0 aliphatic heterocycles. The summed E-state index contributed by atoms with van der Waals surface area (Å²) in [6.45, 7) is 3.41. The van der Waals surface area contributed by atoms with Crippen LogP contribution in [0.5, 0.6) is 11.5 Å². The van der Waals surface area contributed by atoms with Gasteiger partial charge in [0.1, 0.15) is 11.5 Å². The van der Waals surface area contributed by atoms with E-state index in [1.165, 1.54) is 6.21 Å². The van der Waals surface area contributed by atoms with Crippen molar-refractivity contribution in [2.75, 3.05) is 6.61 Å². The summed E-state index contributed by atoms with van der Waals surface area (Å²) in [6, 6.07) is 12.0. The van der Waals surface area contributed by atoms with Gasteiger partial charge in [-0.3, -0.25) is 4.79 Å². The van der Waals surface area contributed by atoms with Crippen LogP contribution in [-0.4, -0.2) is 23.8 Å². The van der Waals surface area contributed by atoms with Crippen LogP contribution in [0.2, 0.25) is 0 Å². The Bertz CT molecular complexity index is 782. The minimum absolute atomic E-state index is 0.184. The minimum atomic E-state index is -0.400. The van der Waals surface area contributed by atoms with Gasteiger partial charge in [-0.2, -0.15) is 10.4 Å². The standard InChI is InChI=1S/C18H17N3O3/c1-12-7-15(8-13(2)18(12)23)10-20-21-17(22)11-24-16-5-3-14(9-19)4-6-16/h3-8,10,23H,11H2,1-2H3,(H,21,22)/b20-10+. The number of hydrogen-bond acceptors (Lipinski definition) is 5. The lowest BCUT2D eigenvalue weighted by Gasteiger charge is -2.05. The minimum Gasteiger partial charge on any atom is -0.507 e. The highest BCUT2D eigenvalue weighted by atomic mass is 16.5. The summed E-state index contributed by atoms with van der Waals surface area (Å²) < 4.78 is 5.30. The van der Waals surface area contributed by atoms with Crippen LogP contribution in [0.25, 0.3) is 0 Å². The van der Waals surface area contributed by atoms with Gasteiger partial charge in [0.2, 0.25) is 0 Å². The first-order chi connectivity index (χ1) is 11.5. The molecule has 24 heavy (non-hydrogen) atoms. The van der Waals surface area contributed by atoms with Crippen molar-refractivity contribution in [1.82, 2.24) is 5.43 Å². The molecule has 0 aliphatic rings. The number of hydrazone groups is 1. The number of carbonyl (C=O) groups excluding carboxylic acids is 1. The summed E-state index contributed by atoms with van der Waals surface area (Å²) in [7, 11) is 0. The Balaban J connectivity index is 1.85. The molecular weight excluding hydrogens is 306 g/mol. The predicted molar refractivity (Wildman–Crippen MR) is 90.0 cm³/mol. The highest BCUT2D eigenvalue weighted by Gasteiger charge is 2.03. The number of ether oxygens (including phenoxy) is 1. The molecule has 6 heteroatoms. The summed E-state index contributed by atoms with van der Waals surface area (Å²) in [6.07, 6.45) is 1.50. The fourth-order valence-electron chi connectivity index (χ4n) is 2.05. The number of nitrogens with one attached hydrogen (secondary N) is 1. The average Bonchev–Trinajstić information content (AvgIpc) is 2.58. The van der Waals surface area contributed by atoms with Crippen molar-refractivity contribution < 1.29 is 14.6 Å². The summed E-state index contributed by atoms with van der Waals surface area (Å²) in [5.74, 6) is 0.354. The molecule has 0 aromatic heterocycles. The van der Waals surface area contributed by atoms with Gasteiger partial charge in [0.25, 0.3) is 5.91 Å². The molecule has 1 amide bonds. The quantitative estimate of drug-likeness (QED) is 0.652. The number of amides is 1. The summed E-state index contributed by atoms with van der Waals surface area (Å²) in [4.78, 5) is 11.7. The molecule has 0 atom stereocenters. The van der Waals surface area contributed by atoms with Crippen LogP contribution in [0.15, 0.2) is 41.5 Å². The topological polar surface area (TPSA) is 94.7 Å². The maximum atomic E-state index is 11.7. The van der Waals surface area contributed by atoms with E-state index in [2.05, 4.69) is 10.5 Å².